The molecule has 0 fully saturated rings. The van der Waals surface area contributed by atoms with Crippen LogP contribution < -0.4 is 15.8 Å². The maximum Gasteiger partial charge on any atom is 0.217 e. The summed E-state index contributed by atoms with van der Waals surface area (Å²) in [5.41, 5.74) is 8.13. The number of carbonyl (C=O) groups excluding carboxylic acids is 1. The highest BCUT2D eigenvalue weighted by atomic mass is 16.5. The molecule has 5 nitrogen and oxygen atoms in total. The molecule has 1 heterocycles. The lowest BCUT2D eigenvalue weighted by Crippen LogP contribution is -2.19. The number of hydrogen-bond donors (Lipinski definition) is 2. The van der Waals surface area contributed by atoms with Crippen LogP contribution in [0.4, 0.5) is 0 Å². The van der Waals surface area contributed by atoms with Crippen LogP contribution in [-0.4, -0.2) is 24.5 Å². The molecule has 0 saturated heterocycles. The van der Waals surface area contributed by atoms with Gasteiger partial charge < -0.3 is 15.8 Å². The molecule has 0 aliphatic rings. The summed E-state index contributed by atoms with van der Waals surface area (Å²) in [5, 5.41) is 3.24. The van der Waals surface area contributed by atoms with E-state index in [2.05, 4.69) is 10.3 Å². The Morgan fingerprint density at radius 3 is 2.83 bits per heavy atom. The zero-order valence-electron chi connectivity index (χ0n) is 11.2. The highest BCUT2D eigenvalue weighted by Gasteiger charge is 2.08. The molecule has 0 aliphatic heterocycles. The number of aryl methyl sites for hydroxylation is 1. The number of ether oxygens (including phenoxy) is 1. The summed E-state index contributed by atoms with van der Waals surface area (Å²) >= 11 is 0. The predicted molar refractivity (Wildman–Crippen MR) is 70.4 cm³/mol. The summed E-state index contributed by atoms with van der Waals surface area (Å²) in [6.45, 7) is 5.39. The van der Waals surface area contributed by atoms with Gasteiger partial charge in [0.1, 0.15) is 5.75 Å². The van der Waals surface area contributed by atoms with Crippen molar-refractivity contribution in [2.24, 2.45) is 5.73 Å². The number of pyridine rings is 1. The van der Waals surface area contributed by atoms with Gasteiger partial charge in [-0.15, -0.1) is 0 Å². The Morgan fingerprint density at radius 2 is 2.22 bits per heavy atom. The molecular weight excluding hydrogens is 230 g/mol. The summed E-state index contributed by atoms with van der Waals surface area (Å²) in [6, 6.07) is 0. The van der Waals surface area contributed by atoms with Crippen LogP contribution in [0.5, 0.6) is 5.75 Å². The molecule has 0 spiro atoms. The molecule has 1 amide bonds. The summed E-state index contributed by atoms with van der Waals surface area (Å²) in [5.74, 6) is 0.627. The zero-order valence-corrected chi connectivity index (χ0v) is 11.2. The molecule has 0 aromatic carbocycles. The monoisotopic (exact) mass is 251 g/mol. The average molecular weight is 251 g/mol. The molecular formula is C13H21N3O2. The van der Waals surface area contributed by atoms with Crippen molar-refractivity contribution in [3.8, 4) is 5.75 Å². The van der Waals surface area contributed by atoms with Crippen molar-refractivity contribution in [1.29, 1.82) is 0 Å². The fourth-order valence-electron chi connectivity index (χ4n) is 1.84. The van der Waals surface area contributed by atoms with E-state index in [1.165, 1.54) is 0 Å². The molecule has 0 radical (unpaired) electrons. The minimum atomic E-state index is -0.261. The van der Waals surface area contributed by atoms with E-state index >= 15 is 0 Å². The third-order valence-corrected chi connectivity index (χ3v) is 2.82. The molecule has 100 valence electrons. The maximum atomic E-state index is 10.6. The van der Waals surface area contributed by atoms with Crippen LogP contribution in [0.25, 0.3) is 0 Å². The summed E-state index contributed by atoms with van der Waals surface area (Å²) in [4.78, 5) is 15.0. The van der Waals surface area contributed by atoms with Crippen LogP contribution in [0, 0.1) is 13.8 Å². The Labute approximate surface area is 108 Å². The first-order valence-electron chi connectivity index (χ1n) is 6.04. The molecule has 1 aromatic rings. The van der Waals surface area contributed by atoms with Gasteiger partial charge in [0.15, 0.2) is 0 Å². The van der Waals surface area contributed by atoms with Gasteiger partial charge in [0.25, 0.3) is 0 Å². The van der Waals surface area contributed by atoms with Gasteiger partial charge in [-0.05, 0) is 26.8 Å². The Kier molecular flexibility index (Phi) is 5.58. The molecule has 5 heteroatoms. The van der Waals surface area contributed by atoms with E-state index in [1.807, 2.05) is 20.0 Å². The van der Waals surface area contributed by atoms with E-state index in [4.69, 9.17) is 10.5 Å². The number of methoxy groups -OCH3 is 1. The molecule has 18 heavy (non-hydrogen) atoms. The van der Waals surface area contributed by atoms with Gasteiger partial charge in [-0.25, -0.2) is 0 Å². The molecule has 3 N–H and O–H groups in total. The highest BCUT2D eigenvalue weighted by molar-refractivity contribution is 5.73. The molecule has 0 unspecified atom stereocenters. The molecule has 0 saturated carbocycles. The number of rotatable bonds is 7. The summed E-state index contributed by atoms with van der Waals surface area (Å²) in [6.07, 6.45) is 2.97. The zero-order chi connectivity index (χ0) is 13.5. The van der Waals surface area contributed by atoms with Crippen LogP contribution in [-0.2, 0) is 11.3 Å². The minimum Gasteiger partial charge on any atom is -0.496 e. The van der Waals surface area contributed by atoms with Crippen molar-refractivity contribution in [2.45, 2.75) is 33.2 Å². The first-order valence-corrected chi connectivity index (χ1v) is 6.04. The van der Waals surface area contributed by atoms with E-state index in [1.54, 1.807) is 7.11 Å². The molecule has 1 aromatic heterocycles. The molecule has 0 aliphatic carbocycles. The normalized spacial score (nSPS) is 10.4. The van der Waals surface area contributed by atoms with Gasteiger partial charge in [0, 0.05) is 30.3 Å². The van der Waals surface area contributed by atoms with Crippen molar-refractivity contribution in [1.82, 2.24) is 10.3 Å². The largest absolute Gasteiger partial charge is 0.496 e. The van der Waals surface area contributed by atoms with Gasteiger partial charge in [-0.2, -0.15) is 0 Å². The van der Waals surface area contributed by atoms with Gasteiger partial charge in [-0.1, -0.05) is 0 Å². The number of nitrogens with two attached hydrogens (primary N) is 1. The van der Waals surface area contributed by atoms with Crippen molar-refractivity contribution in [2.75, 3.05) is 13.7 Å². The van der Waals surface area contributed by atoms with E-state index < -0.39 is 0 Å². The average Bonchev–Trinajstić information content (AvgIpc) is 2.31. The van der Waals surface area contributed by atoms with Crippen molar-refractivity contribution >= 4 is 5.91 Å². The number of nitrogens with one attached hydrogen (secondary N) is 1. The first kappa shape index (κ1) is 14.4. The lowest BCUT2D eigenvalue weighted by Gasteiger charge is -2.12. The van der Waals surface area contributed by atoms with Crippen molar-refractivity contribution in [3.05, 3.63) is 23.0 Å². The Balaban J connectivity index is 2.50. The summed E-state index contributed by atoms with van der Waals surface area (Å²) < 4.78 is 5.35. The molecule has 1 rings (SSSR count). The number of carbonyl (C=O) groups is 1. The maximum absolute atomic E-state index is 10.6. The van der Waals surface area contributed by atoms with Gasteiger partial charge >= 0.3 is 0 Å². The SMILES string of the molecule is COc1c(C)cnc(CNCCCC(N)=O)c1C. The van der Waals surface area contributed by atoms with E-state index in [-0.39, 0.29) is 5.91 Å². The molecule has 0 bridgehead atoms. The van der Waals surface area contributed by atoms with Gasteiger partial charge in [0.2, 0.25) is 5.91 Å². The Hall–Kier alpha value is -1.62. The van der Waals surface area contributed by atoms with E-state index in [9.17, 15) is 4.79 Å². The lowest BCUT2D eigenvalue weighted by molar-refractivity contribution is -0.118. The predicted octanol–water partition coefficient (Wildman–Crippen LogP) is 1.06. The van der Waals surface area contributed by atoms with E-state index in [0.717, 1.165) is 35.5 Å². The second kappa shape index (κ2) is 6.96. The third kappa shape index (κ3) is 4.00. The van der Waals surface area contributed by atoms with Crippen LogP contribution in [0.3, 0.4) is 0 Å². The smallest absolute Gasteiger partial charge is 0.217 e. The van der Waals surface area contributed by atoms with Crippen LogP contribution >= 0.6 is 0 Å². The van der Waals surface area contributed by atoms with E-state index in [0.29, 0.717) is 13.0 Å². The van der Waals surface area contributed by atoms with Gasteiger partial charge in [0.05, 0.1) is 12.8 Å². The van der Waals surface area contributed by atoms with Crippen molar-refractivity contribution < 1.29 is 9.53 Å². The number of amides is 1. The fraction of sp³-hybridized carbons (Fsp3) is 0.538. The second-order valence-corrected chi connectivity index (χ2v) is 4.29. The second-order valence-electron chi connectivity index (χ2n) is 4.29. The Morgan fingerprint density at radius 1 is 1.50 bits per heavy atom. The summed E-state index contributed by atoms with van der Waals surface area (Å²) in [7, 11) is 1.67. The fourth-order valence-corrected chi connectivity index (χ4v) is 1.84. The number of aromatic nitrogens is 1. The quantitative estimate of drug-likeness (QED) is 0.710. The van der Waals surface area contributed by atoms with Crippen LogP contribution in [0.2, 0.25) is 0 Å². The highest BCUT2D eigenvalue weighted by Crippen LogP contribution is 2.23. The first-order chi connectivity index (χ1) is 8.56. The van der Waals surface area contributed by atoms with Crippen molar-refractivity contribution in [3.63, 3.8) is 0 Å². The number of hydrogen-bond acceptors (Lipinski definition) is 4. The Bertz CT molecular complexity index is 419. The topological polar surface area (TPSA) is 77.2 Å². The standard InChI is InChI=1S/C13H21N3O2/c1-9-7-16-11(10(2)13(9)18-3)8-15-6-4-5-12(14)17/h7,15H,4-6,8H2,1-3H3,(H2,14,17). The molecule has 0 atom stereocenters. The number of nitrogens with zero attached hydrogens (tertiary/aromatic N) is 1. The van der Waals surface area contributed by atoms with Crippen LogP contribution in [0.1, 0.15) is 29.7 Å². The lowest BCUT2D eigenvalue weighted by atomic mass is 10.1. The van der Waals surface area contributed by atoms with Crippen LogP contribution in [0.15, 0.2) is 6.20 Å². The minimum absolute atomic E-state index is 0.261. The third-order valence-electron chi connectivity index (χ3n) is 2.82. The number of primary amides is 1. The van der Waals surface area contributed by atoms with Gasteiger partial charge in [-0.3, -0.25) is 9.78 Å².